The number of nitrogens with zero attached hydrogens (tertiary/aromatic N) is 5. The van der Waals surface area contributed by atoms with E-state index in [1.807, 2.05) is 78.7 Å². The van der Waals surface area contributed by atoms with Crippen LogP contribution in [0.3, 0.4) is 0 Å². The van der Waals surface area contributed by atoms with Crippen molar-refractivity contribution in [3.05, 3.63) is 124 Å². The molecule has 2 aliphatic heterocycles. The number of anilines is 4. The summed E-state index contributed by atoms with van der Waals surface area (Å²) in [4.78, 5) is 51.6. The predicted octanol–water partition coefficient (Wildman–Crippen LogP) is 8.48. The molecule has 2 amide bonds. The number of amides is 2. The Balaban J connectivity index is 1.16. The van der Waals surface area contributed by atoms with E-state index in [0.717, 1.165) is 64.1 Å². The van der Waals surface area contributed by atoms with Crippen molar-refractivity contribution in [2.24, 2.45) is 4.99 Å². The highest BCUT2D eigenvalue weighted by atomic mass is 16.5. The Morgan fingerprint density at radius 3 is 2.13 bits per heavy atom. The molecule has 0 saturated carbocycles. The van der Waals surface area contributed by atoms with Crippen LogP contribution >= 0.6 is 0 Å². The first-order chi connectivity index (χ1) is 33.7. The van der Waals surface area contributed by atoms with Crippen LogP contribution in [0.5, 0.6) is 23.0 Å². The smallest absolute Gasteiger partial charge is 0.262 e. The van der Waals surface area contributed by atoms with E-state index in [0.29, 0.717) is 112 Å². The Kier molecular flexibility index (Phi) is 17.6. The topological polar surface area (TPSA) is 141 Å². The minimum atomic E-state index is -0.199. The van der Waals surface area contributed by atoms with Crippen LogP contribution in [0.2, 0.25) is 0 Å². The molecule has 69 heavy (non-hydrogen) atoms. The fourth-order valence-electron chi connectivity index (χ4n) is 8.67. The quantitative estimate of drug-likeness (QED) is 0.0298. The summed E-state index contributed by atoms with van der Waals surface area (Å²) in [7, 11) is 6.69. The van der Waals surface area contributed by atoms with Crippen molar-refractivity contribution in [1.29, 1.82) is 0 Å². The molecule has 364 valence electrons. The molecule has 0 aromatic heterocycles. The van der Waals surface area contributed by atoms with Gasteiger partial charge in [0.05, 0.1) is 76.4 Å². The molecule has 0 saturated heterocycles. The van der Waals surface area contributed by atoms with E-state index in [4.69, 9.17) is 33.2 Å². The summed E-state index contributed by atoms with van der Waals surface area (Å²) in [5.74, 6) is 1.35. The molecule has 5 aromatic carbocycles. The number of fused-ring (bicyclic) bond motifs is 2. The second kappa shape index (κ2) is 24.4. The van der Waals surface area contributed by atoms with Crippen LogP contribution in [-0.4, -0.2) is 113 Å². The highest BCUT2D eigenvalue weighted by Crippen LogP contribution is 2.41. The lowest BCUT2D eigenvalue weighted by Gasteiger charge is -2.37. The zero-order chi connectivity index (χ0) is 48.7. The second-order valence-corrected chi connectivity index (χ2v) is 16.7. The number of hydrogen-bond acceptors (Lipinski definition) is 13. The first-order valence-corrected chi connectivity index (χ1v) is 23.3. The van der Waals surface area contributed by atoms with Crippen molar-refractivity contribution in [2.75, 3.05) is 107 Å². The largest absolute Gasteiger partial charge is 0.493 e. The number of carbonyl (C=O) groups is 3. The van der Waals surface area contributed by atoms with Gasteiger partial charge in [-0.3, -0.25) is 19.5 Å². The van der Waals surface area contributed by atoms with E-state index in [1.165, 1.54) is 7.11 Å². The van der Waals surface area contributed by atoms with E-state index >= 15 is 0 Å². The number of benzene rings is 5. The van der Waals surface area contributed by atoms with Gasteiger partial charge < -0.3 is 52.7 Å². The summed E-state index contributed by atoms with van der Waals surface area (Å²) >= 11 is 0. The number of hydrogen-bond donors (Lipinski definition) is 0. The van der Waals surface area contributed by atoms with Crippen molar-refractivity contribution in [1.82, 2.24) is 0 Å². The molecule has 0 spiro atoms. The minimum absolute atomic E-state index is 0.116. The Morgan fingerprint density at radius 2 is 1.43 bits per heavy atom. The number of aldehydes is 1. The molecule has 2 aliphatic rings. The average Bonchev–Trinajstić information content (AvgIpc) is 3.82. The number of rotatable bonds is 26. The first kappa shape index (κ1) is 50.0. The first-order valence-electron chi connectivity index (χ1n) is 23.3. The van der Waals surface area contributed by atoms with Crippen molar-refractivity contribution < 1.29 is 47.5 Å². The van der Waals surface area contributed by atoms with E-state index in [2.05, 4.69) is 29.6 Å². The molecule has 0 radical (unpaired) electrons. The molecule has 5 aromatic rings. The summed E-state index contributed by atoms with van der Waals surface area (Å²) in [5.41, 5.74) is 8.46. The number of para-hydroxylation sites is 2. The van der Waals surface area contributed by atoms with E-state index in [-0.39, 0.29) is 25.0 Å². The monoisotopic (exact) mass is 941 g/mol. The molecule has 15 nitrogen and oxygen atoms in total. The van der Waals surface area contributed by atoms with Gasteiger partial charge in [-0.15, -0.1) is 0 Å². The molecule has 0 bridgehead atoms. The van der Waals surface area contributed by atoms with E-state index in [9.17, 15) is 14.4 Å². The highest BCUT2D eigenvalue weighted by Gasteiger charge is 2.32. The predicted molar refractivity (Wildman–Crippen MR) is 269 cm³/mol. The summed E-state index contributed by atoms with van der Waals surface area (Å²) in [6, 6.07) is 28.9. The summed E-state index contributed by atoms with van der Waals surface area (Å²) < 4.78 is 41.4. The average molecular weight is 942 g/mol. The molecular weight excluding hydrogens is 879 g/mol. The lowest BCUT2D eigenvalue weighted by molar-refractivity contribution is -0.107. The molecule has 0 N–H and O–H groups in total. The standard InChI is InChI=1S/C54H63N5O10/c1-7-40-14-8-10-16-46(40)59-37-56(3)48-34-52(50(65-6)32-44(48)54(59)62)69-36-39-28-38(29-42(30-39)57(19-12-13-22-60)21-23-66-26-27-67-25-24-63-4)35-68-51-33-45(55-2)43(31-49(51)64-5)53(61)58-20-18-41-15-9-11-17-47(41)58/h8-11,14-17,22,28-34H,2,7,12-13,18-21,23-27,35-37H2,1,3-6H3. The van der Waals surface area contributed by atoms with E-state index in [1.54, 1.807) is 42.2 Å². The maximum absolute atomic E-state index is 14.1. The molecule has 2 heterocycles. The zero-order valence-corrected chi connectivity index (χ0v) is 40.4. The van der Waals surface area contributed by atoms with Crippen LogP contribution in [0, 0.1) is 0 Å². The molecule has 0 unspecified atom stereocenters. The number of unbranched alkanes of at least 4 members (excludes halogenated alkanes) is 1. The molecular formula is C54H63N5O10. The number of aryl methyl sites for hydroxylation is 1. The van der Waals surface area contributed by atoms with Crippen LogP contribution in [0.25, 0.3) is 0 Å². The third kappa shape index (κ3) is 12.0. The van der Waals surface area contributed by atoms with Crippen molar-refractivity contribution in [3.63, 3.8) is 0 Å². The molecule has 0 fully saturated rings. The molecule has 15 heteroatoms. The Morgan fingerprint density at radius 1 is 0.768 bits per heavy atom. The minimum Gasteiger partial charge on any atom is -0.493 e. The Bertz CT molecular complexity index is 2590. The fraction of sp³-hybridized carbons (Fsp3) is 0.370. The summed E-state index contributed by atoms with van der Waals surface area (Å²) in [6.07, 6.45) is 3.53. The van der Waals surface area contributed by atoms with Crippen molar-refractivity contribution in [2.45, 2.75) is 45.8 Å². The summed E-state index contributed by atoms with van der Waals surface area (Å²) in [5, 5.41) is 0. The van der Waals surface area contributed by atoms with Gasteiger partial charge >= 0.3 is 0 Å². The van der Waals surface area contributed by atoms with Gasteiger partial charge in [-0.2, -0.15) is 0 Å². The maximum Gasteiger partial charge on any atom is 0.262 e. The molecule has 7 rings (SSSR count). The van der Waals surface area contributed by atoms with Gasteiger partial charge in [0.2, 0.25) is 0 Å². The number of carbonyl (C=O) groups excluding carboxylic acids is 3. The normalized spacial score (nSPS) is 12.9. The fourth-order valence-corrected chi connectivity index (χ4v) is 8.67. The maximum atomic E-state index is 14.1. The van der Waals surface area contributed by atoms with Crippen LogP contribution in [-0.2, 0) is 45.1 Å². The molecule has 0 atom stereocenters. The Labute approximate surface area is 405 Å². The third-order valence-electron chi connectivity index (χ3n) is 12.3. The summed E-state index contributed by atoms with van der Waals surface area (Å²) in [6.45, 7) is 10.5. The highest BCUT2D eigenvalue weighted by molar-refractivity contribution is 6.13. The van der Waals surface area contributed by atoms with Crippen LogP contribution in [0.15, 0.2) is 96.0 Å². The van der Waals surface area contributed by atoms with Gasteiger partial charge in [0.15, 0.2) is 23.0 Å². The van der Waals surface area contributed by atoms with Crippen LogP contribution < -0.4 is 38.5 Å². The van der Waals surface area contributed by atoms with Gasteiger partial charge in [0, 0.05) is 69.4 Å². The van der Waals surface area contributed by atoms with Crippen LogP contribution in [0.1, 0.15) is 62.7 Å². The third-order valence-corrected chi connectivity index (χ3v) is 12.3. The zero-order valence-electron chi connectivity index (χ0n) is 40.4. The van der Waals surface area contributed by atoms with Crippen molar-refractivity contribution >= 4 is 53.3 Å². The van der Waals surface area contributed by atoms with Gasteiger partial charge in [-0.05, 0) is 90.7 Å². The van der Waals surface area contributed by atoms with Crippen LogP contribution in [0.4, 0.5) is 28.4 Å². The van der Waals surface area contributed by atoms with Gasteiger partial charge in [0.25, 0.3) is 11.8 Å². The molecule has 0 aliphatic carbocycles. The Hall–Kier alpha value is -6.94. The second-order valence-electron chi connectivity index (χ2n) is 16.7. The lowest BCUT2D eigenvalue weighted by Crippen LogP contribution is -2.45. The lowest BCUT2D eigenvalue weighted by atomic mass is 10.0. The van der Waals surface area contributed by atoms with Crippen molar-refractivity contribution in [3.8, 4) is 23.0 Å². The SMILES string of the molecule is C=Nc1cc(OCc2cc(COc3cc4c(cc3OC)C(=O)N(c3ccccc3CC)CN4C)cc(N(CCCC=O)CCOCCOCCOC)c2)c(OC)cc1C(=O)N1CCc2ccccc21. The number of ether oxygens (including phenoxy) is 7. The number of methoxy groups -OCH3 is 3. The van der Waals surface area contributed by atoms with Gasteiger partial charge in [-0.25, -0.2) is 0 Å². The van der Waals surface area contributed by atoms with Gasteiger partial charge in [0.1, 0.15) is 19.5 Å². The van der Waals surface area contributed by atoms with Gasteiger partial charge in [-0.1, -0.05) is 43.3 Å². The van der Waals surface area contributed by atoms with E-state index < -0.39 is 0 Å². The number of aliphatic imine (C=N–C) groups is 1.